The smallest absolute Gasteiger partial charge is 0.0619 e. The molecular formula is C56H47N3. The van der Waals surface area contributed by atoms with Crippen LogP contribution in [-0.4, -0.2) is 11.1 Å². The molecule has 1 aliphatic heterocycles. The van der Waals surface area contributed by atoms with E-state index < -0.39 is 0 Å². The van der Waals surface area contributed by atoms with Crippen molar-refractivity contribution in [1.29, 1.82) is 0 Å². The van der Waals surface area contributed by atoms with Gasteiger partial charge in [-0.3, -0.25) is 0 Å². The van der Waals surface area contributed by atoms with E-state index in [0.29, 0.717) is 0 Å². The van der Waals surface area contributed by atoms with Gasteiger partial charge in [0.1, 0.15) is 0 Å². The van der Waals surface area contributed by atoms with E-state index in [0.717, 1.165) is 29.3 Å². The predicted octanol–water partition coefficient (Wildman–Crippen LogP) is 15.2. The standard InChI is InChI=1S/C53H39N3.C3H8/c1-4-13-38(14-5-1)39-22-28-46(29-23-39)55(47-30-24-40(25-31-47)43-17-12-34-54-37-43)48-32-26-41(27-33-48)44-35-50(42-15-6-2-7-16-42)53-51(36-44)49-20-10-11-21-52(49)56(53)45-18-8-3-9-19-45;1-3-2/h1-33,35-37,54H,34H2;3H2,1-2H3. The number of hydrogen-bond acceptors (Lipinski definition) is 2. The monoisotopic (exact) mass is 761 g/mol. The number of allylic oxidation sites excluding steroid dienone is 2. The Labute approximate surface area is 347 Å². The summed E-state index contributed by atoms with van der Waals surface area (Å²) in [4.78, 5) is 2.34. The van der Waals surface area contributed by atoms with Gasteiger partial charge in [0.15, 0.2) is 0 Å². The van der Waals surface area contributed by atoms with Gasteiger partial charge in [0.05, 0.1) is 11.0 Å². The second kappa shape index (κ2) is 17.0. The second-order valence-electron chi connectivity index (χ2n) is 14.9. The summed E-state index contributed by atoms with van der Waals surface area (Å²) in [5.41, 5.74) is 16.4. The molecule has 0 saturated heterocycles. The van der Waals surface area contributed by atoms with E-state index in [-0.39, 0.29) is 0 Å². The Morgan fingerprint density at radius 2 is 0.966 bits per heavy atom. The molecule has 1 aromatic heterocycles. The van der Waals surface area contributed by atoms with Gasteiger partial charge < -0.3 is 14.8 Å². The first-order valence-electron chi connectivity index (χ1n) is 20.6. The molecule has 0 fully saturated rings. The molecular weight excluding hydrogens is 715 g/mol. The molecule has 0 spiro atoms. The van der Waals surface area contributed by atoms with E-state index in [2.05, 4.69) is 247 Å². The maximum absolute atomic E-state index is 3.34. The quantitative estimate of drug-likeness (QED) is 0.166. The Morgan fingerprint density at radius 1 is 0.475 bits per heavy atom. The summed E-state index contributed by atoms with van der Waals surface area (Å²) < 4.78 is 2.42. The molecule has 1 N–H and O–H groups in total. The highest BCUT2D eigenvalue weighted by Crippen LogP contribution is 2.42. The van der Waals surface area contributed by atoms with Gasteiger partial charge in [0.2, 0.25) is 0 Å². The lowest BCUT2D eigenvalue weighted by molar-refractivity contribution is 0.976. The SMILES string of the molecule is C1=CC(c2ccc(N(c3ccc(-c4ccccc4)cc3)c3ccc(-c4cc(-c5ccccc5)c5c(c4)c4ccccc4n5-c4ccccc4)cc3)cc2)=CNC1.CCC. The van der Waals surface area contributed by atoms with Crippen LogP contribution in [0.5, 0.6) is 0 Å². The fourth-order valence-electron chi connectivity index (χ4n) is 8.08. The molecule has 0 radical (unpaired) electrons. The third-order valence-corrected chi connectivity index (χ3v) is 10.8. The van der Waals surface area contributed by atoms with E-state index >= 15 is 0 Å². The van der Waals surface area contributed by atoms with Crippen LogP contribution in [0.15, 0.2) is 219 Å². The Kier molecular flexibility index (Phi) is 10.7. The summed E-state index contributed by atoms with van der Waals surface area (Å²) in [7, 11) is 0. The van der Waals surface area contributed by atoms with Gasteiger partial charge in [-0.15, -0.1) is 0 Å². The average molecular weight is 762 g/mol. The number of rotatable bonds is 8. The number of benzene rings is 8. The van der Waals surface area contributed by atoms with Crippen LogP contribution in [0.1, 0.15) is 25.8 Å². The number of aromatic nitrogens is 1. The van der Waals surface area contributed by atoms with Crippen molar-refractivity contribution in [2.75, 3.05) is 11.4 Å². The largest absolute Gasteiger partial charge is 0.387 e. The number of fused-ring (bicyclic) bond motifs is 3. The first-order valence-corrected chi connectivity index (χ1v) is 20.6. The molecule has 286 valence electrons. The predicted molar refractivity (Wildman–Crippen MR) is 253 cm³/mol. The van der Waals surface area contributed by atoms with Crippen molar-refractivity contribution in [3.8, 4) is 39.1 Å². The van der Waals surface area contributed by atoms with Gasteiger partial charge in [0, 0.05) is 51.8 Å². The number of hydrogen-bond donors (Lipinski definition) is 1. The van der Waals surface area contributed by atoms with Crippen molar-refractivity contribution in [2.24, 2.45) is 0 Å². The van der Waals surface area contributed by atoms with E-state index in [1.165, 1.54) is 72.7 Å². The van der Waals surface area contributed by atoms with Crippen LogP contribution in [-0.2, 0) is 0 Å². The van der Waals surface area contributed by atoms with Crippen molar-refractivity contribution < 1.29 is 0 Å². The van der Waals surface area contributed by atoms with Crippen LogP contribution >= 0.6 is 0 Å². The third-order valence-electron chi connectivity index (χ3n) is 10.8. The molecule has 1 aliphatic rings. The lowest BCUT2D eigenvalue weighted by atomic mass is 9.95. The Bertz CT molecular complexity index is 2870. The van der Waals surface area contributed by atoms with Gasteiger partial charge in [-0.05, 0) is 106 Å². The van der Waals surface area contributed by atoms with Crippen molar-refractivity contribution in [2.45, 2.75) is 20.3 Å². The minimum Gasteiger partial charge on any atom is -0.387 e. The van der Waals surface area contributed by atoms with Crippen LogP contribution < -0.4 is 10.2 Å². The zero-order chi connectivity index (χ0) is 40.0. The summed E-state index contributed by atoms with van der Waals surface area (Å²) >= 11 is 0. The maximum atomic E-state index is 3.34. The van der Waals surface area contributed by atoms with Crippen LogP contribution in [0.2, 0.25) is 0 Å². The first kappa shape index (κ1) is 37.2. The molecule has 0 bridgehead atoms. The normalized spacial score (nSPS) is 12.1. The molecule has 2 heterocycles. The highest BCUT2D eigenvalue weighted by molar-refractivity contribution is 6.15. The summed E-state index contributed by atoms with van der Waals surface area (Å²) in [6.45, 7) is 5.11. The molecule has 0 saturated carbocycles. The first-order chi connectivity index (χ1) is 29.2. The highest BCUT2D eigenvalue weighted by Gasteiger charge is 2.19. The molecule has 0 aliphatic carbocycles. The van der Waals surface area contributed by atoms with Crippen LogP contribution in [0.3, 0.4) is 0 Å². The summed E-state index contributed by atoms with van der Waals surface area (Å²) in [5.74, 6) is 0. The number of para-hydroxylation sites is 2. The highest BCUT2D eigenvalue weighted by atomic mass is 15.1. The van der Waals surface area contributed by atoms with E-state index in [1.807, 2.05) is 0 Å². The molecule has 3 heteroatoms. The van der Waals surface area contributed by atoms with Gasteiger partial charge in [-0.1, -0.05) is 166 Å². The summed E-state index contributed by atoms with van der Waals surface area (Å²) in [6.07, 6.45) is 7.69. The average Bonchev–Trinajstić information content (AvgIpc) is 3.65. The van der Waals surface area contributed by atoms with Crippen LogP contribution in [0.4, 0.5) is 17.1 Å². The Balaban J connectivity index is 0.00000145. The molecule has 9 aromatic rings. The van der Waals surface area contributed by atoms with Crippen LogP contribution in [0, 0.1) is 0 Å². The zero-order valence-corrected chi connectivity index (χ0v) is 33.6. The van der Waals surface area contributed by atoms with Crippen molar-refractivity contribution in [3.63, 3.8) is 0 Å². The minimum atomic E-state index is 0.864. The second-order valence-corrected chi connectivity index (χ2v) is 14.9. The molecule has 59 heavy (non-hydrogen) atoms. The van der Waals surface area contributed by atoms with E-state index in [1.54, 1.807) is 0 Å². The van der Waals surface area contributed by atoms with Gasteiger partial charge >= 0.3 is 0 Å². The molecule has 0 amide bonds. The molecule has 0 atom stereocenters. The van der Waals surface area contributed by atoms with E-state index in [9.17, 15) is 0 Å². The number of nitrogens with one attached hydrogen (secondary N) is 1. The van der Waals surface area contributed by atoms with Crippen molar-refractivity contribution in [3.05, 3.63) is 224 Å². The number of anilines is 3. The zero-order valence-electron chi connectivity index (χ0n) is 33.6. The molecule has 3 nitrogen and oxygen atoms in total. The lowest BCUT2D eigenvalue weighted by Crippen LogP contribution is -2.10. The summed E-state index contributed by atoms with van der Waals surface area (Å²) in [6, 6.07) is 72.4. The Hall–Kier alpha value is -7.36. The van der Waals surface area contributed by atoms with Crippen molar-refractivity contribution in [1.82, 2.24) is 9.88 Å². The van der Waals surface area contributed by atoms with Crippen molar-refractivity contribution >= 4 is 44.4 Å². The van der Waals surface area contributed by atoms with Crippen LogP contribution in [0.25, 0.3) is 66.4 Å². The maximum Gasteiger partial charge on any atom is 0.0619 e. The number of dihydropyridines is 1. The fraction of sp³-hybridized carbons (Fsp3) is 0.0714. The molecule has 10 rings (SSSR count). The third kappa shape index (κ3) is 7.59. The van der Waals surface area contributed by atoms with E-state index in [4.69, 9.17) is 0 Å². The summed E-state index contributed by atoms with van der Waals surface area (Å²) in [5, 5.41) is 5.82. The topological polar surface area (TPSA) is 20.2 Å². The van der Waals surface area contributed by atoms with Gasteiger partial charge in [-0.2, -0.15) is 0 Å². The lowest BCUT2D eigenvalue weighted by Gasteiger charge is -2.26. The fourth-order valence-corrected chi connectivity index (χ4v) is 8.08. The van der Waals surface area contributed by atoms with Gasteiger partial charge in [0.25, 0.3) is 0 Å². The molecule has 8 aromatic carbocycles. The molecule has 0 unspecified atom stereocenters. The Morgan fingerprint density at radius 3 is 1.54 bits per heavy atom. The van der Waals surface area contributed by atoms with Gasteiger partial charge in [-0.25, -0.2) is 0 Å². The number of nitrogens with zero attached hydrogens (tertiary/aromatic N) is 2. The minimum absolute atomic E-state index is 0.864.